The lowest BCUT2D eigenvalue weighted by Crippen LogP contribution is -2.17. The summed E-state index contributed by atoms with van der Waals surface area (Å²) in [5.41, 5.74) is 3.65. The van der Waals surface area contributed by atoms with E-state index in [2.05, 4.69) is 66.0 Å². The molecule has 4 aromatic rings. The van der Waals surface area contributed by atoms with Crippen molar-refractivity contribution in [2.24, 2.45) is 0 Å². The van der Waals surface area contributed by atoms with Crippen LogP contribution in [0.5, 0.6) is 5.75 Å². The van der Waals surface area contributed by atoms with E-state index in [1.807, 2.05) is 30.3 Å². The zero-order chi connectivity index (χ0) is 19.9. The van der Waals surface area contributed by atoms with Crippen LogP contribution in [0.2, 0.25) is 5.02 Å². The second-order valence-corrected chi connectivity index (χ2v) is 7.53. The summed E-state index contributed by atoms with van der Waals surface area (Å²) in [7, 11) is 0. The summed E-state index contributed by atoms with van der Waals surface area (Å²) in [4.78, 5) is 0. The van der Waals surface area contributed by atoms with E-state index < -0.39 is 0 Å². The molecular formula is C26H25Cl2NO. The standard InChI is InChI=1S/C26H24ClNO.ClH/c27-23-13-10-20(11-14-23)16-17-28-18-25-24-9-5-4-8-22(24)12-15-26(25)29-19-21-6-2-1-3-7-21;/h1-15,28H,16-19H2;1H. The summed E-state index contributed by atoms with van der Waals surface area (Å²) in [5.74, 6) is 0.937. The lowest BCUT2D eigenvalue weighted by atomic mass is 10.0. The molecule has 0 aliphatic carbocycles. The molecule has 0 fully saturated rings. The predicted octanol–water partition coefficient (Wildman–Crippen LogP) is 6.83. The fourth-order valence-electron chi connectivity index (χ4n) is 3.47. The Morgan fingerprint density at radius 1 is 0.733 bits per heavy atom. The maximum atomic E-state index is 6.21. The Morgan fingerprint density at radius 2 is 1.47 bits per heavy atom. The van der Waals surface area contributed by atoms with Crippen LogP contribution in [0.4, 0.5) is 0 Å². The van der Waals surface area contributed by atoms with E-state index >= 15 is 0 Å². The number of benzene rings is 4. The minimum atomic E-state index is 0. The topological polar surface area (TPSA) is 21.3 Å². The molecule has 0 radical (unpaired) electrons. The molecule has 4 heteroatoms. The molecule has 0 aliphatic rings. The first-order chi connectivity index (χ1) is 14.3. The van der Waals surface area contributed by atoms with Gasteiger partial charge in [0.15, 0.2) is 0 Å². The van der Waals surface area contributed by atoms with Crippen molar-refractivity contribution in [1.82, 2.24) is 5.32 Å². The number of hydrogen-bond donors (Lipinski definition) is 1. The van der Waals surface area contributed by atoms with Gasteiger partial charge in [-0.15, -0.1) is 12.4 Å². The highest BCUT2D eigenvalue weighted by Gasteiger charge is 2.09. The Hall–Kier alpha value is -2.52. The molecule has 4 aromatic carbocycles. The van der Waals surface area contributed by atoms with E-state index in [0.717, 1.165) is 30.3 Å². The summed E-state index contributed by atoms with van der Waals surface area (Å²) in [5, 5.41) is 6.82. The SMILES string of the molecule is Cl.Clc1ccc(CCNCc2c(OCc3ccccc3)ccc3ccccc23)cc1. The Bertz CT molecular complexity index is 1070. The van der Waals surface area contributed by atoms with Crippen LogP contribution in [0.1, 0.15) is 16.7 Å². The molecule has 4 rings (SSSR count). The highest BCUT2D eigenvalue weighted by atomic mass is 35.5. The molecule has 0 aliphatic heterocycles. The van der Waals surface area contributed by atoms with E-state index in [1.165, 1.54) is 27.5 Å². The Kier molecular flexibility index (Phi) is 8.15. The van der Waals surface area contributed by atoms with Crippen molar-refractivity contribution >= 4 is 34.8 Å². The fraction of sp³-hybridized carbons (Fsp3) is 0.154. The van der Waals surface area contributed by atoms with E-state index in [4.69, 9.17) is 16.3 Å². The van der Waals surface area contributed by atoms with Crippen LogP contribution < -0.4 is 10.1 Å². The van der Waals surface area contributed by atoms with Crippen LogP contribution in [0.15, 0.2) is 91.0 Å². The third-order valence-electron chi connectivity index (χ3n) is 5.04. The van der Waals surface area contributed by atoms with Crippen LogP contribution in [0.3, 0.4) is 0 Å². The summed E-state index contributed by atoms with van der Waals surface area (Å²) >= 11 is 5.97. The van der Waals surface area contributed by atoms with Gasteiger partial charge < -0.3 is 10.1 Å². The molecule has 0 bridgehead atoms. The van der Waals surface area contributed by atoms with Crippen molar-refractivity contribution < 1.29 is 4.74 Å². The van der Waals surface area contributed by atoms with Crippen molar-refractivity contribution in [3.63, 3.8) is 0 Å². The maximum Gasteiger partial charge on any atom is 0.124 e. The molecule has 0 heterocycles. The second kappa shape index (κ2) is 11.0. The molecule has 0 atom stereocenters. The first-order valence-electron chi connectivity index (χ1n) is 9.92. The summed E-state index contributed by atoms with van der Waals surface area (Å²) < 4.78 is 6.21. The van der Waals surface area contributed by atoms with Crippen molar-refractivity contribution in [2.75, 3.05) is 6.54 Å². The van der Waals surface area contributed by atoms with E-state index in [1.54, 1.807) is 0 Å². The summed E-state index contributed by atoms with van der Waals surface area (Å²) in [6.07, 6.45) is 0.960. The van der Waals surface area contributed by atoms with Crippen LogP contribution in [-0.4, -0.2) is 6.54 Å². The number of halogens is 2. The van der Waals surface area contributed by atoms with Crippen molar-refractivity contribution in [2.45, 2.75) is 19.6 Å². The van der Waals surface area contributed by atoms with Gasteiger partial charge in [-0.1, -0.05) is 84.4 Å². The van der Waals surface area contributed by atoms with Gasteiger partial charge in [0.2, 0.25) is 0 Å². The summed E-state index contributed by atoms with van der Waals surface area (Å²) in [6.45, 7) is 2.22. The quantitative estimate of drug-likeness (QED) is 0.305. The number of fused-ring (bicyclic) bond motifs is 1. The van der Waals surface area contributed by atoms with Crippen molar-refractivity contribution in [1.29, 1.82) is 0 Å². The molecule has 0 spiro atoms. The molecule has 0 unspecified atom stereocenters. The van der Waals surface area contributed by atoms with Gasteiger partial charge in [-0.3, -0.25) is 0 Å². The van der Waals surface area contributed by atoms with Gasteiger partial charge in [0.25, 0.3) is 0 Å². The normalized spacial score (nSPS) is 10.6. The number of rotatable bonds is 8. The first-order valence-corrected chi connectivity index (χ1v) is 10.3. The molecule has 1 N–H and O–H groups in total. The van der Waals surface area contributed by atoms with E-state index in [9.17, 15) is 0 Å². The average molecular weight is 438 g/mol. The van der Waals surface area contributed by atoms with Gasteiger partial charge in [0.1, 0.15) is 12.4 Å². The van der Waals surface area contributed by atoms with Crippen LogP contribution in [0.25, 0.3) is 10.8 Å². The zero-order valence-electron chi connectivity index (χ0n) is 16.7. The third-order valence-corrected chi connectivity index (χ3v) is 5.29. The Morgan fingerprint density at radius 3 is 2.27 bits per heavy atom. The predicted molar refractivity (Wildman–Crippen MR) is 129 cm³/mol. The minimum Gasteiger partial charge on any atom is -0.489 e. The van der Waals surface area contributed by atoms with Gasteiger partial charge in [0, 0.05) is 17.1 Å². The Labute approximate surface area is 189 Å². The molecule has 0 amide bonds. The third kappa shape index (κ3) is 5.76. The largest absolute Gasteiger partial charge is 0.489 e. The molecule has 2 nitrogen and oxygen atoms in total. The van der Waals surface area contributed by atoms with Gasteiger partial charge in [0.05, 0.1) is 0 Å². The number of nitrogens with one attached hydrogen (secondary N) is 1. The highest BCUT2D eigenvalue weighted by molar-refractivity contribution is 6.30. The van der Waals surface area contributed by atoms with Gasteiger partial charge in [-0.2, -0.15) is 0 Å². The molecule has 0 saturated heterocycles. The number of ether oxygens (including phenoxy) is 1. The number of hydrogen-bond acceptors (Lipinski definition) is 2. The molecule has 0 saturated carbocycles. The van der Waals surface area contributed by atoms with Crippen LogP contribution in [0, 0.1) is 0 Å². The molecular weight excluding hydrogens is 413 g/mol. The second-order valence-electron chi connectivity index (χ2n) is 7.09. The van der Waals surface area contributed by atoms with E-state index in [0.29, 0.717) is 6.61 Å². The molecule has 30 heavy (non-hydrogen) atoms. The zero-order valence-corrected chi connectivity index (χ0v) is 18.3. The maximum absolute atomic E-state index is 6.21. The summed E-state index contributed by atoms with van der Waals surface area (Å²) in [6, 6.07) is 31.0. The molecule has 0 aromatic heterocycles. The van der Waals surface area contributed by atoms with Crippen molar-refractivity contribution in [3.8, 4) is 5.75 Å². The van der Waals surface area contributed by atoms with Gasteiger partial charge in [-0.25, -0.2) is 0 Å². The monoisotopic (exact) mass is 437 g/mol. The lowest BCUT2D eigenvalue weighted by molar-refractivity contribution is 0.303. The fourth-order valence-corrected chi connectivity index (χ4v) is 3.59. The first kappa shape index (κ1) is 22.2. The lowest BCUT2D eigenvalue weighted by Gasteiger charge is -2.15. The van der Waals surface area contributed by atoms with E-state index in [-0.39, 0.29) is 12.4 Å². The molecule has 154 valence electrons. The highest BCUT2D eigenvalue weighted by Crippen LogP contribution is 2.28. The van der Waals surface area contributed by atoms with Gasteiger partial charge >= 0.3 is 0 Å². The van der Waals surface area contributed by atoms with Crippen LogP contribution >= 0.6 is 24.0 Å². The van der Waals surface area contributed by atoms with Crippen LogP contribution in [-0.2, 0) is 19.6 Å². The van der Waals surface area contributed by atoms with Gasteiger partial charge in [-0.05, 0) is 53.1 Å². The minimum absolute atomic E-state index is 0. The Balaban J connectivity index is 0.00000256. The average Bonchev–Trinajstić information content (AvgIpc) is 2.77. The van der Waals surface area contributed by atoms with Crippen molar-refractivity contribution in [3.05, 3.63) is 113 Å². The smallest absolute Gasteiger partial charge is 0.124 e.